The first-order valence-corrected chi connectivity index (χ1v) is 17.5. The molecule has 2 fully saturated rings. The first kappa shape index (κ1) is 38.2. The van der Waals surface area contributed by atoms with Crippen molar-refractivity contribution in [3.63, 3.8) is 0 Å². The van der Waals surface area contributed by atoms with Gasteiger partial charge in [-0.2, -0.15) is 0 Å². The van der Waals surface area contributed by atoms with Crippen LogP contribution in [-0.2, 0) is 19.0 Å². The van der Waals surface area contributed by atoms with Crippen LogP contribution >= 0.6 is 0 Å². The lowest BCUT2D eigenvalue weighted by Crippen LogP contribution is -2.50. The third-order valence-electron chi connectivity index (χ3n) is 9.82. The number of piperazine rings is 1. The van der Waals surface area contributed by atoms with Crippen molar-refractivity contribution in [1.82, 2.24) is 15.1 Å². The standard InChI is InChI=1S/C36H61N3O7/c1-8-30(41)28(6)35-32(44-35)22-24(2)10-9-11-26(4)34-27(5)13-15-31(25(3)12-14-29(40)23-33(42)46-34)45-36(43)39-20-18-38(19-21-39)17-16-37-7/h9-11,13,15,24-25,27-32,34-35,37,40-41H,8,12,14,16-23H2,1-7H3/b10-9+,15-13+,26-11+/t24-,25+,27+,28-,29-,30+,31+,32-,34-,35-/m1/s1. The van der Waals surface area contributed by atoms with E-state index >= 15 is 0 Å². The van der Waals surface area contributed by atoms with Gasteiger partial charge in [-0.25, -0.2) is 4.79 Å². The molecule has 10 heteroatoms. The number of allylic oxidation sites excluding steroid dienone is 3. The first-order valence-electron chi connectivity index (χ1n) is 17.5. The van der Waals surface area contributed by atoms with Crippen LogP contribution in [0.15, 0.2) is 36.0 Å². The van der Waals surface area contributed by atoms with Crippen molar-refractivity contribution in [3.05, 3.63) is 36.0 Å². The average Bonchev–Trinajstić information content (AvgIpc) is 3.80. The largest absolute Gasteiger partial charge is 0.457 e. The van der Waals surface area contributed by atoms with Crippen LogP contribution in [0.2, 0.25) is 0 Å². The van der Waals surface area contributed by atoms with E-state index in [0.717, 1.165) is 44.6 Å². The quantitative estimate of drug-likeness (QED) is 0.123. The minimum Gasteiger partial charge on any atom is -0.457 e. The maximum absolute atomic E-state index is 13.2. The minimum absolute atomic E-state index is 0.0304. The molecule has 0 spiro atoms. The van der Waals surface area contributed by atoms with Gasteiger partial charge in [0.2, 0.25) is 0 Å². The number of aliphatic hydroxyl groups excluding tert-OH is 2. The van der Waals surface area contributed by atoms with Crippen molar-refractivity contribution in [3.8, 4) is 0 Å². The molecular weight excluding hydrogens is 586 g/mol. The predicted molar refractivity (Wildman–Crippen MR) is 180 cm³/mol. The molecule has 3 aliphatic heterocycles. The maximum atomic E-state index is 13.2. The molecule has 0 radical (unpaired) electrons. The van der Waals surface area contributed by atoms with Gasteiger partial charge in [-0.3, -0.25) is 9.69 Å². The average molecular weight is 648 g/mol. The van der Waals surface area contributed by atoms with E-state index < -0.39 is 24.3 Å². The number of epoxide rings is 1. The molecule has 0 unspecified atom stereocenters. The van der Waals surface area contributed by atoms with Crippen molar-refractivity contribution in [2.24, 2.45) is 23.7 Å². The number of rotatable bonds is 12. The lowest BCUT2D eigenvalue weighted by Gasteiger charge is -2.35. The Kier molecular flexibility index (Phi) is 15.7. The molecule has 0 saturated carbocycles. The summed E-state index contributed by atoms with van der Waals surface area (Å²) in [6.45, 7) is 16.9. The Balaban J connectivity index is 1.64. The number of hydrogen-bond donors (Lipinski definition) is 3. The molecule has 0 bridgehead atoms. The fraction of sp³-hybridized carbons (Fsp3) is 0.778. The highest BCUT2D eigenvalue weighted by atomic mass is 16.6. The molecule has 1 amide bonds. The second-order valence-corrected chi connectivity index (χ2v) is 13.8. The number of nitrogens with one attached hydrogen (secondary N) is 1. The smallest absolute Gasteiger partial charge is 0.410 e. The van der Waals surface area contributed by atoms with Crippen molar-refractivity contribution >= 4 is 12.1 Å². The number of carbonyl (C=O) groups excluding carboxylic acids is 2. The van der Waals surface area contributed by atoms with Gasteiger partial charge in [-0.05, 0) is 63.1 Å². The highest BCUT2D eigenvalue weighted by Crippen LogP contribution is 2.36. The van der Waals surface area contributed by atoms with Crippen LogP contribution in [0, 0.1) is 23.7 Å². The lowest BCUT2D eigenvalue weighted by molar-refractivity contribution is -0.151. The number of carbonyl (C=O) groups is 2. The summed E-state index contributed by atoms with van der Waals surface area (Å²) in [5, 5.41) is 23.9. The van der Waals surface area contributed by atoms with E-state index in [9.17, 15) is 19.8 Å². The Labute approximate surface area is 277 Å². The van der Waals surface area contributed by atoms with Crippen LogP contribution in [-0.4, -0.2) is 115 Å². The van der Waals surface area contributed by atoms with E-state index in [0.29, 0.717) is 25.9 Å². The lowest BCUT2D eigenvalue weighted by atomic mass is 9.92. The number of esters is 1. The van der Waals surface area contributed by atoms with E-state index in [1.54, 1.807) is 4.90 Å². The van der Waals surface area contributed by atoms with Gasteiger partial charge in [-0.1, -0.05) is 58.9 Å². The second-order valence-electron chi connectivity index (χ2n) is 13.8. The van der Waals surface area contributed by atoms with E-state index in [-0.39, 0.29) is 54.5 Å². The van der Waals surface area contributed by atoms with Crippen LogP contribution < -0.4 is 5.32 Å². The molecule has 2 saturated heterocycles. The zero-order valence-corrected chi connectivity index (χ0v) is 29.3. The molecule has 10 nitrogen and oxygen atoms in total. The molecule has 0 aromatic heterocycles. The summed E-state index contributed by atoms with van der Waals surface area (Å²) in [6.07, 6.45) is 10.4. The Hall–Kier alpha value is -2.24. The molecule has 3 heterocycles. The molecule has 3 N–H and O–H groups in total. The van der Waals surface area contributed by atoms with Crippen LogP contribution in [0.3, 0.4) is 0 Å². The number of ether oxygens (including phenoxy) is 3. The molecule has 3 aliphatic rings. The molecule has 262 valence electrons. The Morgan fingerprint density at radius 1 is 1.17 bits per heavy atom. The fourth-order valence-electron chi connectivity index (χ4n) is 6.40. The molecule has 0 aromatic rings. The summed E-state index contributed by atoms with van der Waals surface area (Å²) >= 11 is 0. The summed E-state index contributed by atoms with van der Waals surface area (Å²) in [5.41, 5.74) is 0.887. The normalized spacial score (nSPS) is 33.0. The number of nitrogens with zero attached hydrogens (tertiary/aromatic N) is 2. The topological polar surface area (TPSA) is 124 Å². The van der Waals surface area contributed by atoms with Gasteiger partial charge in [-0.15, -0.1) is 0 Å². The third-order valence-corrected chi connectivity index (χ3v) is 9.82. The summed E-state index contributed by atoms with van der Waals surface area (Å²) in [7, 11) is 1.94. The van der Waals surface area contributed by atoms with Gasteiger partial charge < -0.3 is 34.6 Å². The molecular formula is C36H61N3O7. The first-order chi connectivity index (χ1) is 21.9. The number of cyclic esters (lactones) is 1. The van der Waals surface area contributed by atoms with E-state index in [2.05, 4.69) is 23.2 Å². The summed E-state index contributed by atoms with van der Waals surface area (Å²) < 4.78 is 17.8. The van der Waals surface area contributed by atoms with Crippen LogP contribution in [0.5, 0.6) is 0 Å². The van der Waals surface area contributed by atoms with Gasteiger partial charge in [0, 0.05) is 51.1 Å². The number of likely N-dealkylation sites (N-methyl/N-ethyl adjacent to an activating group) is 1. The van der Waals surface area contributed by atoms with Gasteiger partial charge >= 0.3 is 12.1 Å². The summed E-state index contributed by atoms with van der Waals surface area (Å²) in [4.78, 5) is 30.1. The number of hydrogen-bond acceptors (Lipinski definition) is 9. The third kappa shape index (κ3) is 12.1. The predicted octanol–water partition coefficient (Wildman–Crippen LogP) is 4.32. The van der Waals surface area contributed by atoms with Gasteiger partial charge in [0.05, 0.1) is 30.8 Å². The monoisotopic (exact) mass is 647 g/mol. The highest BCUT2D eigenvalue weighted by Gasteiger charge is 2.45. The summed E-state index contributed by atoms with van der Waals surface area (Å²) in [6, 6.07) is 0. The molecule has 46 heavy (non-hydrogen) atoms. The minimum atomic E-state index is -0.823. The fourth-order valence-corrected chi connectivity index (χ4v) is 6.40. The van der Waals surface area contributed by atoms with Gasteiger partial charge in [0.25, 0.3) is 0 Å². The van der Waals surface area contributed by atoms with Crippen LogP contribution in [0.25, 0.3) is 0 Å². The number of amides is 1. The molecule has 3 rings (SSSR count). The van der Waals surface area contributed by atoms with Crippen molar-refractivity contribution in [1.29, 1.82) is 0 Å². The Morgan fingerprint density at radius 2 is 1.89 bits per heavy atom. The van der Waals surface area contributed by atoms with Crippen LogP contribution in [0.4, 0.5) is 4.79 Å². The SMILES string of the molecule is CC[C@H](O)[C@@H](C)[C@H]1O[C@@H]1C[C@H](C)/C=C/C=C(\C)[C@H]1OC(=O)C[C@H](O)CC[C@H](C)[C@@H](OC(=O)N2CCN(CCNC)CC2)/C=C/[C@@H]1C. The zero-order valence-electron chi connectivity index (χ0n) is 29.3. The molecule has 10 atom stereocenters. The molecule has 0 aliphatic carbocycles. The number of aliphatic hydroxyl groups is 2. The van der Waals surface area contributed by atoms with E-state index in [4.69, 9.17) is 14.2 Å². The summed E-state index contributed by atoms with van der Waals surface area (Å²) in [5.74, 6) is -0.221. The Morgan fingerprint density at radius 3 is 2.57 bits per heavy atom. The van der Waals surface area contributed by atoms with E-state index in [1.807, 2.05) is 66.0 Å². The van der Waals surface area contributed by atoms with E-state index in [1.165, 1.54) is 0 Å². The highest BCUT2D eigenvalue weighted by molar-refractivity contribution is 5.70. The van der Waals surface area contributed by atoms with Gasteiger partial charge in [0.1, 0.15) is 12.2 Å². The Bertz CT molecular complexity index is 1040. The van der Waals surface area contributed by atoms with Crippen LogP contribution in [0.1, 0.15) is 73.6 Å². The van der Waals surface area contributed by atoms with Crippen molar-refractivity contribution < 1.29 is 34.0 Å². The molecule has 0 aromatic carbocycles. The second kappa shape index (κ2) is 18.9. The van der Waals surface area contributed by atoms with Crippen molar-refractivity contribution in [2.75, 3.05) is 46.3 Å². The van der Waals surface area contributed by atoms with Gasteiger partial charge in [0.15, 0.2) is 0 Å². The zero-order chi connectivity index (χ0) is 33.8. The maximum Gasteiger partial charge on any atom is 0.410 e. The van der Waals surface area contributed by atoms with Crippen molar-refractivity contribution in [2.45, 2.75) is 110 Å².